The van der Waals surface area contributed by atoms with E-state index in [-0.39, 0.29) is 25.6 Å². The van der Waals surface area contributed by atoms with Gasteiger partial charge in [-0.1, -0.05) is 383 Å². The number of rotatable bonds is 74. The molecule has 0 saturated heterocycles. The number of carbonyl (C=O) groups excluding carboxylic acids is 2. The van der Waals surface area contributed by atoms with Crippen molar-refractivity contribution in [3.8, 4) is 0 Å². The van der Waals surface area contributed by atoms with Gasteiger partial charge in [0.25, 0.3) is 0 Å². The maximum atomic E-state index is 12.9. The molecule has 0 aromatic rings. The summed E-state index contributed by atoms with van der Waals surface area (Å²) < 4.78 is 34.8. The van der Waals surface area contributed by atoms with Crippen molar-refractivity contribution in [2.45, 2.75) is 405 Å². The predicted molar refractivity (Wildman–Crippen MR) is 390 cm³/mol. The lowest BCUT2D eigenvalue weighted by Gasteiger charge is -2.24. The van der Waals surface area contributed by atoms with E-state index >= 15 is 0 Å². The summed E-state index contributed by atoms with van der Waals surface area (Å²) >= 11 is 0. The van der Waals surface area contributed by atoms with Gasteiger partial charge in [0.05, 0.1) is 27.7 Å². The van der Waals surface area contributed by atoms with Gasteiger partial charge in [0, 0.05) is 12.8 Å². The summed E-state index contributed by atoms with van der Waals surface area (Å²) in [4.78, 5) is 36.0. The second-order valence-electron chi connectivity index (χ2n) is 28.1. The second kappa shape index (κ2) is 71.3. The Morgan fingerprint density at radius 1 is 0.356 bits per heavy atom. The Hall–Kier alpha value is -2.03. The van der Waals surface area contributed by atoms with Gasteiger partial charge in [-0.15, -0.1) is 0 Å². The molecule has 0 aliphatic rings. The lowest BCUT2D eigenvalue weighted by Crippen LogP contribution is -2.37. The number of hydrogen-bond donors (Lipinski definition) is 1. The Morgan fingerprint density at radius 3 is 0.944 bits per heavy atom. The molecule has 0 radical (unpaired) electrons. The van der Waals surface area contributed by atoms with Crippen molar-refractivity contribution in [2.75, 3.05) is 47.5 Å². The maximum Gasteiger partial charge on any atom is 0.472 e. The number of phosphoric ester groups is 1. The molecule has 0 rings (SSSR count). The summed E-state index contributed by atoms with van der Waals surface area (Å²) in [6.07, 6.45) is 94.0. The lowest BCUT2D eigenvalue weighted by molar-refractivity contribution is -0.870. The number of carbonyl (C=O) groups is 2. The molecule has 0 fully saturated rings. The van der Waals surface area contributed by atoms with Crippen LogP contribution in [-0.4, -0.2) is 74.9 Å². The van der Waals surface area contributed by atoms with Gasteiger partial charge in [0.1, 0.15) is 19.8 Å². The third-order valence-electron chi connectivity index (χ3n) is 17.9. The van der Waals surface area contributed by atoms with E-state index in [4.69, 9.17) is 18.5 Å². The summed E-state index contributed by atoms with van der Waals surface area (Å²) in [5, 5.41) is 0. The topological polar surface area (TPSA) is 108 Å². The first kappa shape index (κ1) is 88.0. The van der Waals surface area contributed by atoms with Crippen molar-refractivity contribution < 1.29 is 42.1 Å². The highest BCUT2D eigenvalue weighted by molar-refractivity contribution is 7.47. The molecular weight excluding hydrogens is 1130 g/mol. The van der Waals surface area contributed by atoms with E-state index in [0.717, 1.165) is 57.8 Å². The van der Waals surface area contributed by atoms with Crippen molar-refractivity contribution in [1.82, 2.24) is 0 Å². The van der Waals surface area contributed by atoms with Gasteiger partial charge in [0.15, 0.2) is 6.10 Å². The van der Waals surface area contributed by atoms with Crippen LogP contribution < -0.4 is 0 Å². The van der Waals surface area contributed by atoms with E-state index in [9.17, 15) is 19.0 Å². The van der Waals surface area contributed by atoms with Crippen molar-refractivity contribution in [3.63, 3.8) is 0 Å². The quantitative estimate of drug-likeness (QED) is 0.0211. The number of phosphoric acid groups is 1. The van der Waals surface area contributed by atoms with Crippen LogP contribution in [0.2, 0.25) is 0 Å². The molecule has 0 aromatic carbocycles. The molecule has 90 heavy (non-hydrogen) atoms. The first-order valence-corrected chi connectivity index (χ1v) is 40.9. The third kappa shape index (κ3) is 75.0. The Labute approximate surface area is 560 Å². The van der Waals surface area contributed by atoms with Crippen LogP contribution in [0.15, 0.2) is 48.6 Å². The van der Waals surface area contributed by atoms with Crippen LogP contribution in [0.5, 0.6) is 0 Å². The molecule has 9 nitrogen and oxygen atoms in total. The lowest BCUT2D eigenvalue weighted by atomic mass is 10.0. The summed E-state index contributed by atoms with van der Waals surface area (Å²) in [5.41, 5.74) is 0. The molecule has 0 bridgehead atoms. The van der Waals surface area contributed by atoms with Crippen molar-refractivity contribution in [2.24, 2.45) is 0 Å². The first-order chi connectivity index (χ1) is 44.0. The minimum atomic E-state index is -4.39. The molecule has 530 valence electrons. The molecule has 0 heterocycles. The number of hydrogen-bond acceptors (Lipinski definition) is 7. The highest BCUT2D eigenvalue weighted by atomic mass is 31.2. The molecule has 0 aromatic heterocycles. The Kier molecular flexibility index (Phi) is 69.7. The Bertz CT molecular complexity index is 1660. The summed E-state index contributed by atoms with van der Waals surface area (Å²) in [6, 6.07) is 0. The van der Waals surface area contributed by atoms with Gasteiger partial charge in [-0.3, -0.25) is 18.6 Å². The summed E-state index contributed by atoms with van der Waals surface area (Å²) in [6.45, 7) is 4.40. The van der Waals surface area contributed by atoms with Crippen LogP contribution in [-0.2, 0) is 32.7 Å². The largest absolute Gasteiger partial charge is 0.472 e. The molecule has 10 heteroatoms. The van der Waals surface area contributed by atoms with E-state index < -0.39 is 26.5 Å². The number of esters is 2. The number of likely N-dealkylation sites (N-methyl/N-ethyl adjacent to an activating group) is 1. The Balaban J connectivity index is 3.91. The molecule has 0 saturated carbocycles. The first-order valence-electron chi connectivity index (χ1n) is 39.4. The number of allylic oxidation sites excluding steroid dienone is 8. The van der Waals surface area contributed by atoms with E-state index in [1.54, 1.807) is 0 Å². The van der Waals surface area contributed by atoms with E-state index in [0.29, 0.717) is 23.9 Å². The van der Waals surface area contributed by atoms with E-state index in [1.807, 2.05) is 21.1 Å². The van der Waals surface area contributed by atoms with E-state index in [1.165, 1.54) is 308 Å². The zero-order valence-corrected chi connectivity index (χ0v) is 61.5. The average molecular weight is 1290 g/mol. The second-order valence-corrected chi connectivity index (χ2v) is 29.5. The van der Waals surface area contributed by atoms with Crippen LogP contribution in [0.25, 0.3) is 0 Å². The van der Waals surface area contributed by atoms with Gasteiger partial charge in [-0.05, 0) is 51.4 Å². The van der Waals surface area contributed by atoms with Crippen LogP contribution in [0.4, 0.5) is 0 Å². The van der Waals surface area contributed by atoms with Crippen LogP contribution >= 0.6 is 7.82 Å². The van der Waals surface area contributed by atoms with Gasteiger partial charge in [-0.2, -0.15) is 0 Å². The monoisotopic (exact) mass is 1290 g/mol. The van der Waals surface area contributed by atoms with Gasteiger partial charge >= 0.3 is 19.8 Å². The maximum absolute atomic E-state index is 12.9. The smallest absolute Gasteiger partial charge is 0.462 e. The molecule has 0 aliphatic heterocycles. The van der Waals surface area contributed by atoms with Crippen molar-refractivity contribution in [3.05, 3.63) is 48.6 Å². The average Bonchev–Trinajstić information content (AvgIpc) is 3.61. The number of quaternary nitrogens is 1. The standard InChI is InChI=1S/C80H152NO8P/c1-6-8-10-12-14-16-18-20-22-24-26-28-30-32-34-36-38-39-40-41-43-45-47-49-51-53-55-57-59-61-63-65-67-69-71-73-80(83)89-78(77-88-90(84,85)87-75-74-81(3,4)5)76-86-79(82)72-70-68-66-64-62-60-58-56-54-52-50-48-46-44-42-37-35-33-31-29-27-25-23-21-19-17-15-13-11-9-7-2/h8,10,14,16,20,22,26,28,78H,6-7,9,11-13,15,17-19,21,23-25,27,29-77H2,1-5H3/p+1/b10-8-,16-14-,22-20-,28-26-. The fourth-order valence-electron chi connectivity index (χ4n) is 11.9. The molecular formula is C80H153NO8P+. The molecule has 2 atom stereocenters. The van der Waals surface area contributed by atoms with Crippen molar-refractivity contribution in [1.29, 1.82) is 0 Å². The fraction of sp³-hybridized carbons (Fsp3) is 0.875. The molecule has 2 unspecified atom stereocenters. The van der Waals surface area contributed by atoms with E-state index in [2.05, 4.69) is 62.5 Å². The molecule has 1 N–H and O–H groups in total. The highest BCUT2D eigenvalue weighted by Crippen LogP contribution is 2.43. The Morgan fingerprint density at radius 2 is 0.633 bits per heavy atom. The van der Waals surface area contributed by atoms with Crippen molar-refractivity contribution >= 4 is 19.8 Å². The van der Waals surface area contributed by atoms with Gasteiger partial charge in [0.2, 0.25) is 0 Å². The van der Waals surface area contributed by atoms with Gasteiger partial charge in [-0.25, -0.2) is 4.57 Å². The summed E-state index contributed by atoms with van der Waals surface area (Å²) in [7, 11) is 1.50. The molecule has 0 spiro atoms. The SMILES string of the molecule is CC/C=C\C/C=C\C/C=C\C/C=C\CCCCCCCCCCCCCCCCCCCCCCCCC(=O)OC(COC(=O)CCCCCCCCCCCCCCCCCCCCCCCCCCCCCCCCC)COP(=O)(O)OCC[N+](C)(C)C. The normalized spacial score (nSPS) is 13.3. The van der Waals surface area contributed by atoms with Gasteiger partial charge < -0.3 is 18.9 Å². The zero-order chi connectivity index (χ0) is 65.5. The predicted octanol–water partition coefficient (Wildman–Crippen LogP) is 26.0. The van der Waals surface area contributed by atoms with Crippen LogP contribution in [0.3, 0.4) is 0 Å². The molecule has 0 amide bonds. The number of unbranched alkanes of at least 4 members (excludes halogenated alkanes) is 52. The minimum Gasteiger partial charge on any atom is -0.462 e. The molecule has 0 aliphatic carbocycles. The zero-order valence-electron chi connectivity index (χ0n) is 60.7. The van der Waals surface area contributed by atoms with Crippen LogP contribution in [0, 0.1) is 0 Å². The minimum absolute atomic E-state index is 0.0350. The summed E-state index contributed by atoms with van der Waals surface area (Å²) in [5.74, 6) is -0.771. The number of ether oxygens (including phenoxy) is 2. The third-order valence-corrected chi connectivity index (χ3v) is 18.9. The number of nitrogens with zero attached hydrogens (tertiary/aromatic N) is 1. The fourth-order valence-corrected chi connectivity index (χ4v) is 12.6. The van der Waals surface area contributed by atoms with Crippen LogP contribution in [0.1, 0.15) is 399 Å². The highest BCUT2D eigenvalue weighted by Gasteiger charge is 2.27.